The van der Waals surface area contributed by atoms with Gasteiger partial charge in [0, 0.05) is 54.4 Å². The topological polar surface area (TPSA) is 583 Å². The van der Waals surface area contributed by atoms with Gasteiger partial charge >= 0.3 is 6.09 Å². The molecule has 40 heteroatoms. The fraction of sp³-hybridized carbons (Fsp3) is 0.511. The second-order valence-electron chi connectivity index (χ2n) is 35.7. The maximum Gasteiger partial charge on any atom is 0.417 e. The van der Waals surface area contributed by atoms with Crippen LogP contribution >= 0.6 is 11.6 Å². The molecule has 4 aliphatic carbocycles. The van der Waals surface area contributed by atoms with Crippen molar-refractivity contribution in [2.24, 2.45) is 41.1 Å². The normalized spacial score (nSPS) is 29.3. The zero-order valence-electron chi connectivity index (χ0n) is 74.1. The van der Waals surface area contributed by atoms with Gasteiger partial charge in [-0.15, -0.1) is 0 Å². The number of phenols is 2. The quantitative estimate of drug-likeness (QED) is 0.0346. The SMILES string of the molecule is CCNCCOc1ccc(NC(=O)Oc2cc(O)c3c(c2)[C@@H](C(=O)NC2C4CC5CC(C4)CC2C5)NC(=O)[C@H]2NC(=O)[C@H](NC(=O)[C@@H]4NC(=O)[C@H](CC(N)=O)NC(=O)[C@H](NC(=O)[C@@H](CC(C)C)NC)[C@H](O)c5ccc(c(C)c5)Oc5cc4cc(c5O[C@@H]4O[C@H](CO)[C@@H](O)[C@H](O)[C@H]4O[C@H]4C[C@](C)(N)[C@H](O)[C@H](C)O4)Oc4ccc(cc4Cl)[C@H]2O)c2ccc(O)c-3c2)c(OCCNCC)c1. The van der Waals surface area contributed by atoms with Crippen molar-refractivity contribution < 1.29 is 127 Å². The molecule has 6 aromatic carbocycles. The van der Waals surface area contributed by atoms with E-state index in [4.69, 9.17) is 65.7 Å². The molecule has 0 unspecified atom stereocenters. The van der Waals surface area contributed by atoms with Gasteiger partial charge in [-0.2, -0.15) is 0 Å². The van der Waals surface area contributed by atoms with E-state index < -0.39 is 238 Å². The summed E-state index contributed by atoms with van der Waals surface area (Å²) in [4.78, 5) is 138. The van der Waals surface area contributed by atoms with E-state index in [1.54, 1.807) is 12.1 Å². The van der Waals surface area contributed by atoms with Gasteiger partial charge in [0.1, 0.15) is 120 Å². The van der Waals surface area contributed by atoms with Crippen molar-refractivity contribution in [3.63, 3.8) is 0 Å². The molecule has 7 aliphatic heterocycles. The molecule has 0 spiro atoms. The monoisotopic (exact) mass is 1850 g/mol. The van der Waals surface area contributed by atoms with Crippen LogP contribution in [0.1, 0.15) is 157 Å². The molecule has 23 N–H and O–H groups in total. The third-order valence-electron chi connectivity index (χ3n) is 25.5. The molecule has 17 rings (SSSR count). The van der Waals surface area contributed by atoms with Crippen LogP contribution in [0.25, 0.3) is 11.1 Å². The number of anilines is 1. The number of amides is 9. The van der Waals surface area contributed by atoms with Gasteiger partial charge < -0.3 is 148 Å². The minimum atomic E-state index is -2.35. The Hall–Kier alpha value is -11.3. The van der Waals surface area contributed by atoms with Gasteiger partial charge in [-0.1, -0.05) is 57.5 Å². The average Bonchev–Trinajstić information content (AvgIpc) is 0.785. The number of likely N-dealkylation sites (N-methyl/N-ethyl adjacent to an activating group) is 3. The van der Waals surface area contributed by atoms with Crippen LogP contribution in [0.3, 0.4) is 0 Å². The fourth-order valence-corrected chi connectivity index (χ4v) is 19.3. The van der Waals surface area contributed by atoms with E-state index in [1.165, 1.54) is 70.3 Å². The number of aromatic hydroxyl groups is 2. The Kier molecular flexibility index (Phi) is 30.4. The lowest BCUT2D eigenvalue weighted by Crippen LogP contribution is -2.64. The highest BCUT2D eigenvalue weighted by Gasteiger charge is 2.53. The van der Waals surface area contributed by atoms with Crippen molar-refractivity contribution >= 4 is 70.6 Å². The lowest BCUT2D eigenvalue weighted by Gasteiger charge is -2.54. The molecular weight excluding hydrogens is 1740 g/mol. The summed E-state index contributed by atoms with van der Waals surface area (Å²) in [6.07, 6.45) is -15.4. The van der Waals surface area contributed by atoms with Crippen molar-refractivity contribution in [1.29, 1.82) is 0 Å². The summed E-state index contributed by atoms with van der Waals surface area (Å²) in [5.74, 6) is -12.4. The number of primary amides is 1. The van der Waals surface area contributed by atoms with Crippen LogP contribution in [0.4, 0.5) is 10.5 Å². The number of rotatable bonds is 26. The van der Waals surface area contributed by atoms with Crippen molar-refractivity contribution in [2.45, 2.75) is 215 Å². The number of carbonyl (C=O) groups is 9. The third kappa shape index (κ3) is 21.6. The van der Waals surface area contributed by atoms with E-state index in [0.29, 0.717) is 50.4 Å². The number of ether oxygens (including phenoxy) is 9. The number of halogens is 1. The zero-order chi connectivity index (χ0) is 94.6. The zero-order valence-corrected chi connectivity index (χ0v) is 74.8. The second kappa shape index (κ2) is 41.5. The predicted octanol–water partition coefficient (Wildman–Crippen LogP) is 3.50. The lowest BCUT2D eigenvalue weighted by atomic mass is 9.54. The Morgan fingerprint density at radius 2 is 1.31 bits per heavy atom. The number of nitrogens with two attached hydrogens (primary N) is 2. The Morgan fingerprint density at radius 1 is 0.667 bits per heavy atom. The van der Waals surface area contributed by atoms with Gasteiger partial charge in [0.25, 0.3) is 0 Å². The van der Waals surface area contributed by atoms with Gasteiger partial charge in [0.05, 0.1) is 42.0 Å². The molecule has 712 valence electrons. The molecular formula is C92H116ClN13O26. The van der Waals surface area contributed by atoms with Crippen LogP contribution in [0.5, 0.6) is 57.5 Å². The molecule has 9 amide bonds. The molecule has 6 aromatic rings. The van der Waals surface area contributed by atoms with Crippen molar-refractivity contribution in [2.75, 3.05) is 58.4 Å². The average molecular weight is 1860 g/mol. The highest BCUT2D eigenvalue weighted by Crippen LogP contribution is 2.55. The van der Waals surface area contributed by atoms with Crippen LogP contribution < -0.4 is 98.4 Å². The highest BCUT2D eigenvalue weighted by atomic mass is 35.5. The third-order valence-corrected chi connectivity index (χ3v) is 25.8. The molecule has 11 aliphatic rings. The Balaban J connectivity index is 0.948. The molecule has 7 heterocycles. The molecule has 39 nitrogen and oxygen atoms in total. The largest absolute Gasteiger partial charge is 0.507 e. The number of fused-ring (bicyclic) bond motifs is 15. The number of phenolic OH excluding ortho intramolecular Hbond substituents is 2. The van der Waals surface area contributed by atoms with Gasteiger partial charge in [-0.05, 0) is 209 Å². The Morgan fingerprint density at radius 3 is 1.95 bits per heavy atom. The maximum atomic E-state index is 16.6. The van der Waals surface area contributed by atoms with E-state index in [-0.39, 0.29) is 88.0 Å². The van der Waals surface area contributed by atoms with Crippen molar-refractivity contribution in [1.82, 2.24) is 53.2 Å². The van der Waals surface area contributed by atoms with Gasteiger partial charge in [0.15, 0.2) is 23.9 Å². The summed E-state index contributed by atoms with van der Waals surface area (Å²) in [6, 6.07) is 5.62. The smallest absolute Gasteiger partial charge is 0.417 e. The summed E-state index contributed by atoms with van der Waals surface area (Å²) in [5.41, 5.74) is 9.21. The fourth-order valence-electron chi connectivity index (χ4n) is 19.0. The Labute approximate surface area is 765 Å². The number of aryl methyl sites for hydroxylation is 1. The number of nitrogens with one attached hydrogen (secondary N) is 11. The molecule has 132 heavy (non-hydrogen) atoms. The first kappa shape index (κ1) is 96.8. The summed E-state index contributed by atoms with van der Waals surface area (Å²) in [7, 11) is 1.50. The molecule has 2 saturated heterocycles. The lowest BCUT2D eigenvalue weighted by molar-refractivity contribution is -0.333. The first-order valence-corrected chi connectivity index (χ1v) is 44.8. The van der Waals surface area contributed by atoms with E-state index in [2.05, 4.69) is 58.5 Å². The van der Waals surface area contributed by atoms with Crippen LogP contribution in [-0.4, -0.2) is 232 Å². The summed E-state index contributed by atoms with van der Waals surface area (Å²) >= 11 is 7.35. The van der Waals surface area contributed by atoms with Crippen LogP contribution in [0.2, 0.25) is 5.02 Å². The summed E-state index contributed by atoms with van der Waals surface area (Å²) in [6.45, 7) is 13.9. The van der Waals surface area contributed by atoms with E-state index in [9.17, 15) is 55.2 Å². The first-order chi connectivity index (χ1) is 63.0. The summed E-state index contributed by atoms with van der Waals surface area (Å²) < 4.78 is 57.5. The molecule has 15 bridgehead atoms. The first-order valence-electron chi connectivity index (χ1n) is 44.4. The summed E-state index contributed by atoms with van der Waals surface area (Å²) in [5, 5.41) is 127. The molecule has 4 saturated carbocycles. The van der Waals surface area contributed by atoms with Crippen LogP contribution in [-0.2, 0) is 52.6 Å². The predicted molar refractivity (Wildman–Crippen MR) is 473 cm³/mol. The number of benzene rings is 6. The molecule has 0 radical (unpaired) electrons. The number of aliphatic hydroxyl groups excluding tert-OH is 6. The van der Waals surface area contributed by atoms with Crippen LogP contribution in [0, 0.1) is 36.5 Å². The minimum absolute atomic E-state index is 0.000304. The Bertz CT molecular complexity index is 5270. The second-order valence-corrected chi connectivity index (χ2v) is 36.1. The maximum absolute atomic E-state index is 16.6. The highest BCUT2D eigenvalue weighted by molar-refractivity contribution is 6.32. The van der Waals surface area contributed by atoms with Crippen molar-refractivity contribution in [3.05, 3.63) is 135 Å². The molecule has 6 fully saturated rings. The number of hydrogen-bond donors (Lipinski definition) is 21. The molecule has 0 aromatic heterocycles. The van der Waals surface area contributed by atoms with Gasteiger partial charge in [-0.3, -0.25) is 43.7 Å². The van der Waals surface area contributed by atoms with E-state index in [0.717, 1.165) is 74.6 Å². The van der Waals surface area contributed by atoms with Crippen LogP contribution in [0.15, 0.2) is 97.1 Å². The van der Waals surface area contributed by atoms with E-state index in [1.807, 2.05) is 27.7 Å². The number of carbonyl (C=O) groups excluding carboxylic acids is 9. The van der Waals surface area contributed by atoms with Crippen molar-refractivity contribution in [3.8, 4) is 68.6 Å². The standard InChI is InChI=1S/C92H116ClN13O26/c1-9-97-19-21-124-51-14-15-56(63(36-51)125-22-20-98-10-2)100-91(123)127-52-34-54-69(60(109)35-52)53-30-45(11-16-59(53)108)71-85(118)106-75(89(122)104-73(54)87(120)101-70-48-26-43-25-44(28-48)29-49(70)27-43)77(112)47-13-18-62(55(93)31-47)129-65-33-50-32-64(80(65)132-90-81(79(114)78(113)66(39-107)130-90)131-68-38-92(7,95)82(115)42(6)126-68)128-61-17-12-46(24-41(61)5)76(111)74(105-83(116)57(96-8)23-40(3)4)88(121)99-58(37-67(94)110)84(117)102-72(50)86(119)103-71/h11-18,24,30-36,40,42-44,48-49,57-58,66,68,70-79,81-82,90,96-98,107-109,111-115H,9-10,19-23,25-29,37-39,95H2,1-8H3,(H2,94,110)(H,99,121)(H,100,123)(H,101,120)(H,102,117)(H,103,119)(H,104,122)(H,105,116)(H,106,118)/t42-,43?,44?,48?,49?,57+,58-,66+,68-,70?,71+,72+,73-,74+,75-,76+,77+,78+,79-,81+,82+,90-,92-/m0/s1. The van der Waals surface area contributed by atoms with Gasteiger partial charge in [0.2, 0.25) is 59.3 Å². The molecule has 18 atom stereocenters. The number of hydrogen-bond acceptors (Lipinski definition) is 30. The van der Waals surface area contributed by atoms with E-state index >= 15 is 28.8 Å². The number of aliphatic hydroxyl groups is 6. The minimum Gasteiger partial charge on any atom is -0.507 e. The van der Waals surface area contributed by atoms with Gasteiger partial charge in [-0.25, -0.2) is 4.79 Å².